The van der Waals surface area contributed by atoms with Crippen LogP contribution in [0.4, 0.5) is 0 Å². The predicted molar refractivity (Wildman–Crippen MR) is 72.1 cm³/mol. The molecule has 4 heteroatoms. The van der Waals surface area contributed by atoms with Gasteiger partial charge < -0.3 is 5.11 Å². The van der Waals surface area contributed by atoms with E-state index in [-0.39, 0.29) is 6.61 Å². The van der Waals surface area contributed by atoms with Crippen molar-refractivity contribution in [3.05, 3.63) is 42.1 Å². The lowest BCUT2D eigenvalue weighted by Crippen LogP contribution is -2.26. The summed E-state index contributed by atoms with van der Waals surface area (Å²) in [7, 11) is 0. The number of rotatable bonds is 6. The van der Waals surface area contributed by atoms with E-state index in [2.05, 4.69) is 28.1 Å². The van der Waals surface area contributed by atoms with Gasteiger partial charge in [0.15, 0.2) is 0 Å². The summed E-state index contributed by atoms with van der Waals surface area (Å²) in [6, 6.07) is 12.2. The number of nitrogens with one attached hydrogen (secondary N) is 1. The van der Waals surface area contributed by atoms with Crippen LogP contribution in [0.3, 0.4) is 0 Å². The molecule has 1 aromatic carbocycles. The van der Waals surface area contributed by atoms with Gasteiger partial charge in [0.2, 0.25) is 0 Å². The number of nitrogens with zero attached hydrogens (tertiary/aromatic N) is 2. The Balaban J connectivity index is 2.06. The molecule has 0 radical (unpaired) electrons. The van der Waals surface area contributed by atoms with Gasteiger partial charge in [-0.05, 0) is 12.6 Å². The summed E-state index contributed by atoms with van der Waals surface area (Å²) < 4.78 is 0. The van der Waals surface area contributed by atoms with Crippen molar-refractivity contribution in [2.24, 2.45) is 0 Å². The fourth-order valence-electron chi connectivity index (χ4n) is 1.93. The lowest BCUT2D eigenvalue weighted by molar-refractivity contribution is 0.195. The first-order valence-electron chi connectivity index (χ1n) is 6.26. The Hall–Kier alpha value is -1.65. The van der Waals surface area contributed by atoms with Crippen LogP contribution in [0.25, 0.3) is 11.3 Å². The lowest BCUT2D eigenvalue weighted by atomic mass is 10.1. The SMILES string of the molecule is CCN(CCO)Cc1cc(-c2ccccc2)n[nH]1. The maximum absolute atomic E-state index is 8.96. The molecule has 2 aromatic rings. The molecule has 1 aromatic heterocycles. The van der Waals surface area contributed by atoms with Crippen molar-refractivity contribution in [1.82, 2.24) is 15.1 Å². The third kappa shape index (κ3) is 3.18. The second-order valence-corrected chi connectivity index (χ2v) is 4.24. The van der Waals surface area contributed by atoms with Crippen molar-refractivity contribution in [1.29, 1.82) is 0 Å². The van der Waals surface area contributed by atoms with Gasteiger partial charge in [-0.2, -0.15) is 5.10 Å². The third-order valence-electron chi connectivity index (χ3n) is 2.96. The van der Waals surface area contributed by atoms with Crippen molar-refractivity contribution in [2.75, 3.05) is 19.7 Å². The molecule has 0 unspecified atom stereocenters. The highest BCUT2D eigenvalue weighted by atomic mass is 16.3. The van der Waals surface area contributed by atoms with Crippen LogP contribution < -0.4 is 0 Å². The zero-order valence-electron chi connectivity index (χ0n) is 10.6. The molecule has 1 heterocycles. The number of hydrogen-bond donors (Lipinski definition) is 2. The summed E-state index contributed by atoms with van der Waals surface area (Å²) in [5.74, 6) is 0. The number of aromatic nitrogens is 2. The molecule has 0 spiro atoms. The maximum Gasteiger partial charge on any atom is 0.0924 e. The van der Waals surface area contributed by atoms with Gasteiger partial charge in [-0.25, -0.2) is 0 Å². The number of hydrogen-bond acceptors (Lipinski definition) is 3. The van der Waals surface area contributed by atoms with Crippen LogP contribution in [0, 0.1) is 0 Å². The average molecular weight is 245 g/mol. The zero-order valence-corrected chi connectivity index (χ0v) is 10.6. The summed E-state index contributed by atoms with van der Waals surface area (Å²) in [5, 5.41) is 16.3. The minimum Gasteiger partial charge on any atom is -0.395 e. The number of benzene rings is 1. The minimum atomic E-state index is 0.188. The van der Waals surface area contributed by atoms with Crippen LogP contribution >= 0.6 is 0 Å². The van der Waals surface area contributed by atoms with Crippen molar-refractivity contribution in [2.45, 2.75) is 13.5 Å². The summed E-state index contributed by atoms with van der Waals surface area (Å²) in [4.78, 5) is 2.17. The van der Waals surface area contributed by atoms with Gasteiger partial charge >= 0.3 is 0 Å². The van der Waals surface area contributed by atoms with Crippen molar-refractivity contribution < 1.29 is 5.11 Å². The Morgan fingerprint density at radius 3 is 2.72 bits per heavy atom. The lowest BCUT2D eigenvalue weighted by Gasteiger charge is -2.17. The van der Waals surface area contributed by atoms with E-state index < -0.39 is 0 Å². The number of H-pyrrole nitrogens is 1. The normalized spacial score (nSPS) is 11.1. The number of aliphatic hydroxyl groups is 1. The first-order chi connectivity index (χ1) is 8.83. The molecule has 2 rings (SSSR count). The first kappa shape index (κ1) is 12.8. The second-order valence-electron chi connectivity index (χ2n) is 4.24. The molecule has 0 aliphatic rings. The van der Waals surface area contributed by atoms with Crippen LogP contribution in [0.15, 0.2) is 36.4 Å². The molecule has 18 heavy (non-hydrogen) atoms. The summed E-state index contributed by atoms with van der Waals surface area (Å²) >= 11 is 0. The largest absolute Gasteiger partial charge is 0.395 e. The maximum atomic E-state index is 8.96. The third-order valence-corrected chi connectivity index (χ3v) is 2.96. The molecule has 0 saturated carbocycles. The molecular formula is C14H19N3O. The Labute approximate surface area is 107 Å². The molecule has 0 saturated heterocycles. The molecule has 96 valence electrons. The van der Waals surface area contributed by atoms with E-state index in [4.69, 9.17) is 5.11 Å². The van der Waals surface area contributed by atoms with E-state index in [1.54, 1.807) is 0 Å². The fourth-order valence-corrected chi connectivity index (χ4v) is 1.93. The Bertz CT molecular complexity index is 467. The molecule has 0 fully saturated rings. The highest BCUT2D eigenvalue weighted by Crippen LogP contribution is 2.17. The van der Waals surface area contributed by atoms with E-state index in [0.29, 0.717) is 6.54 Å². The van der Waals surface area contributed by atoms with Crippen LogP contribution in [0.1, 0.15) is 12.6 Å². The van der Waals surface area contributed by atoms with Crippen LogP contribution in [0.2, 0.25) is 0 Å². The van der Waals surface area contributed by atoms with E-state index in [1.807, 2.05) is 30.3 Å². The number of likely N-dealkylation sites (N-methyl/N-ethyl adjacent to an activating group) is 1. The summed E-state index contributed by atoms with van der Waals surface area (Å²) in [6.45, 7) is 4.67. The number of aromatic amines is 1. The Morgan fingerprint density at radius 2 is 2.06 bits per heavy atom. The molecule has 0 bridgehead atoms. The predicted octanol–water partition coefficient (Wildman–Crippen LogP) is 1.89. The van der Waals surface area contributed by atoms with Gasteiger partial charge in [-0.3, -0.25) is 10.00 Å². The highest BCUT2D eigenvalue weighted by molar-refractivity contribution is 5.58. The van der Waals surface area contributed by atoms with Crippen molar-refractivity contribution in [3.8, 4) is 11.3 Å². The first-order valence-corrected chi connectivity index (χ1v) is 6.26. The van der Waals surface area contributed by atoms with Gasteiger partial charge in [0.1, 0.15) is 0 Å². The summed E-state index contributed by atoms with van der Waals surface area (Å²) in [6.07, 6.45) is 0. The Morgan fingerprint density at radius 1 is 1.28 bits per heavy atom. The van der Waals surface area contributed by atoms with Gasteiger partial charge in [-0.15, -0.1) is 0 Å². The quantitative estimate of drug-likeness (QED) is 0.817. The minimum absolute atomic E-state index is 0.188. The van der Waals surface area contributed by atoms with Crippen molar-refractivity contribution >= 4 is 0 Å². The summed E-state index contributed by atoms with van der Waals surface area (Å²) in [5.41, 5.74) is 3.15. The number of aliphatic hydroxyl groups excluding tert-OH is 1. The van der Waals surface area contributed by atoms with Crippen LogP contribution in [-0.4, -0.2) is 39.9 Å². The van der Waals surface area contributed by atoms with E-state index in [1.165, 1.54) is 0 Å². The highest BCUT2D eigenvalue weighted by Gasteiger charge is 2.07. The van der Waals surface area contributed by atoms with Gasteiger partial charge in [0.05, 0.1) is 12.3 Å². The zero-order chi connectivity index (χ0) is 12.8. The standard InChI is InChI=1S/C14H19N3O/c1-2-17(8-9-18)11-13-10-14(16-15-13)12-6-4-3-5-7-12/h3-7,10,18H,2,8-9,11H2,1H3,(H,15,16). The molecule has 0 atom stereocenters. The van der Waals surface area contributed by atoms with E-state index >= 15 is 0 Å². The van der Waals surface area contributed by atoms with E-state index in [9.17, 15) is 0 Å². The van der Waals surface area contributed by atoms with Gasteiger partial charge in [0.25, 0.3) is 0 Å². The van der Waals surface area contributed by atoms with Crippen LogP contribution in [-0.2, 0) is 6.54 Å². The Kier molecular flexibility index (Phi) is 4.50. The second kappa shape index (κ2) is 6.33. The fraction of sp³-hybridized carbons (Fsp3) is 0.357. The monoisotopic (exact) mass is 245 g/mol. The van der Waals surface area contributed by atoms with Gasteiger partial charge in [0, 0.05) is 24.3 Å². The smallest absolute Gasteiger partial charge is 0.0924 e. The van der Waals surface area contributed by atoms with E-state index in [0.717, 1.165) is 30.0 Å². The topological polar surface area (TPSA) is 52.1 Å². The van der Waals surface area contributed by atoms with Crippen LogP contribution in [0.5, 0.6) is 0 Å². The molecule has 2 N–H and O–H groups in total. The average Bonchev–Trinajstić information content (AvgIpc) is 2.88. The van der Waals surface area contributed by atoms with Crippen molar-refractivity contribution in [3.63, 3.8) is 0 Å². The molecule has 0 aliphatic carbocycles. The molecular weight excluding hydrogens is 226 g/mol. The van der Waals surface area contributed by atoms with Gasteiger partial charge in [-0.1, -0.05) is 37.3 Å². The molecule has 0 aliphatic heterocycles. The molecule has 0 amide bonds. The molecule has 4 nitrogen and oxygen atoms in total.